The van der Waals surface area contributed by atoms with Crippen LogP contribution in [0.5, 0.6) is 5.75 Å². The van der Waals surface area contributed by atoms with Crippen molar-refractivity contribution in [3.63, 3.8) is 0 Å². The second-order valence-electron chi connectivity index (χ2n) is 8.88. The van der Waals surface area contributed by atoms with Gasteiger partial charge in [0.05, 0.1) is 19.6 Å². The van der Waals surface area contributed by atoms with Gasteiger partial charge in [-0.2, -0.15) is 0 Å². The van der Waals surface area contributed by atoms with Crippen molar-refractivity contribution < 1.29 is 14.3 Å². The molecule has 0 spiro atoms. The number of nitrogens with zero attached hydrogens (tertiary/aromatic N) is 2. The Morgan fingerprint density at radius 2 is 1.56 bits per heavy atom. The molecule has 1 atom stereocenters. The van der Waals surface area contributed by atoms with Crippen LogP contribution in [0.4, 0.5) is 11.4 Å². The molecule has 1 aliphatic heterocycles. The predicted molar refractivity (Wildman–Crippen MR) is 148 cm³/mol. The van der Waals surface area contributed by atoms with Crippen LogP contribution in [-0.4, -0.2) is 32.8 Å². The fraction of sp³-hybridized carbons (Fsp3) is 0.276. The molecule has 3 aromatic carbocycles. The fourth-order valence-electron chi connectivity index (χ4n) is 4.81. The van der Waals surface area contributed by atoms with E-state index >= 15 is 0 Å². The van der Waals surface area contributed by atoms with Crippen molar-refractivity contribution in [2.45, 2.75) is 20.3 Å². The average Bonchev–Trinajstić information content (AvgIpc) is 3.25. The molecule has 7 heteroatoms. The SMILES string of the molecule is C=C(C(Cc1cc(C)cc(OC)c1)C(=O)OCC)P1(=N)N(c2ccccc2)CCN1c1ccccc1. The predicted octanol–water partition coefficient (Wildman–Crippen LogP) is 6.88. The van der Waals surface area contributed by atoms with E-state index in [2.05, 4.69) is 22.0 Å². The van der Waals surface area contributed by atoms with Crippen LogP contribution < -0.4 is 14.1 Å². The molecule has 1 heterocycles. The number of hydrogen-bond donors (Lipinski definition) is 1. The molecular weight excluding hydrogens is 469 g/mol. The zero-order chi connectivity index (χ0) is 25.7. The molecule has 4 rings (SSSR count). The van der Waals surface area contributed by atoms with Gasteiger partial charge in [-0.25, -0.2) is 0 Å². The summed E-state index contributed by atoms with van der Waals surface area (Å²) in [7, 11) is -1.35. The second-order valence-corrected chi connectivity index (χ2v) is 11.6. The molecule has 0 saturated carbocycles. The van der Waals surface area contributed by atoms with E-state index in [-0.39, 0.29) is 12.6 Å². The molecule has 1 fully saturated rings. The van der Waals surface area contributed by atoms with E-state index in [4.69, 9.17) is 9.47 Å². The highest BCUT2D eigenvalue weighted by atomic mass is 31.2. The molecule has 1 saturated heterocycles. The van der Waals surface area contributed by atoms with Crippen LogP contribution in [0.15, 0.2) is 90.8 Å². The molecule has 188 valence electrons. The summed E-state index contributed by atoms with van der Waals surface area (Å²) >= 11 is 0. The summed E-state index contributed by atoms with van der Waals surface area (Å²) in [5, 5.41) is 10.6. The Hall–Kier alpha value is -3.50. The van der Waals surface area contributed by atoms with E-state index < -0.39 is 13.3 Å². The number of rotatable bonds is 9. The molecule has 1 unspecified atom stereocenters. The van der Waals surface area contributed by atoms with Gasteiger partial charge in [-0.3, -0.25) is 9.96 Å². The number of methoxy groups -OCH3 is 1. The van der Waals surface area contributed by atoms with Crippen LogP contribution in [0.1, 0.15) is 18.1 Å². The van der Waals surface area contributed by atoms with Gasteiger partial charge in [0.15, 0.2) is 7.36 Å². The lowest BCUT2D eigenvalue weighted by molar-refractivity contribution is -0.146. The second kappa shape index (κ2) is 11.0. The number of benzene rings is 3. The highest BCUT2D eigenvalue weighted by molar-refractivity contribution is 7.72. The number of nitrogens with one attached hydrogen (secondary N) is 1. The Morgan fingerprint density at radius 3 is 2.06 bits per heavy atom. The summed E-state index contributed by atoms with van der Waals surface area (Å²) in [5.41, 5.74) is 3.92. The number of ether oxygens (including phenoxy) is 2. The summed E-state index contributed by atoms with van der Waals surface area (Å²) in [5.74, 6) is -0.272. The fourth-order valence-corrected chi connectivity index (χ4v) is 8.01. The smallest absolute Gasteiger partial charge is 0.313 e. The first-order valence-electron chi connectivity index (χ1n) is 12.2. The molecule has 1 N–H and O–H groups in total. The van der Waals surface area contributed by atoms with Crippen molar-refractivity contribution in [1.82, 2.24) is 0 Å². The van der Waals surface area contributed by atoms with E-state index in [1.807, 2.05) is 79.7 Å². The van der Waals surface area contributed by atoms with Crippen molar-refractivity contribution in [2.24, 2.45) is 5.92 Å². The number of anilines is 2. The van der Waals surface area contributed by atoms with Gasteiger partial charge in [0, 0.05) is 29.8 Å². The normalized spacial score (nSPS) is 15.4. The Kier molecular flexibility index (Phi) is 7.85. The molecule has 6 nitrogen and oxygen atoms in total. The van der Waals surface area contributed by atoms with Crippen molar-refractivity contribution in [2.75, 3.05) is 36.1 Å². The highest BCUT2D eigenvalue weighted by Gasteiger charge is 2.45. The van der Waals surface area contributed by atoms with Crippen LogP contribution in [-0.2, 0) is 16.0 Å². The third-order valence-electron chi connectivity index (χ3n) is 6.49. The first-order valence-corrected chi connectivity index (χ1v) is 13.9. The standard InChI is InChI=1S/C29H34N3O3P/c1-5-35-29(33)28(21-24-18-22(2)19-27(20-24)34-4)23(3)36(30)31(25-12-8-6-9-13-25)16-17-32(36)26-14-10-7-11-15-26/h6-15,18-20,28,30H,3,5,16-17,21H2,1-2,4H3. The largest absolute Gasteiger partial charge is 0.497 e. The molecule has 36 heavy (non-hydrogen) atoms. The zero-order valence-corrected chi connectivity index (χ0v) is 22.1. The number of carbonyl (C=O) groups excluding carboxylic acids is 1. The van der Waals surface area contributed by atoms with Crippen molar-refractivity contribution in [1.29, 1.82) is 5.16 Å². The molecule has 3 aromatic rings. The van der Waals surface area contributed by atoms with Gasteiger partial charge >= 0.3 is 5.97 Å². The molecule has 0 aromatic heterocycles. The van der Waals surface area contributed by atoms with Crippen LogP contribution in [0.25, 0.3) is 0 Å². The third-order valence-corrected chi connectivity index (χ3v) is 9.86. The molecule has 0 amide bonds. The lowest BCUT2D eigenvalue weighted by Gasteiger charge is -2.39. The highest BCUT2D eigenvalue weighted by Crippen LogP contribution is 2.67. The number of carbonyl (C=O) groups is 1. The lowest BCUT2D eigenvalue weighted by atomic mass is 9.97. The van der Waals surface area contributed by atoms with Crippen molar-refractivity contribution >= 4 is 24.7 Å². The van der Waals surface area contributed by atoms with E-state index in [0.29, 0.717) is 24.8 Å². The maximum absolute atomic E-state index is 13.4. The number of para-hydroxylation sites is 2. The maximum atomic E-state index is 13.4. The van der Waals surface area contributed by atoms with Gasteiger partial charge in [-0.1, -0.05) is 49.0 Å². The van der Waals surface area contributed by atoms with E-state index in [1.165, 1.54) is 0 Å². The minimum absolute atomic E-state index is 0.272. The number of esters is 1. The zero-order valence-electron chi connectivity index (χ0n) is 21.2. The van der Waals surface area contributed by atoms with E-state index in [1.54, 1.807) is 14.0 Å². The monoisotopic (exact) mass is 503 g/mol. The number of hydrogen-bond acceptors (Lipinski definition) is 4. The average molecular weight is 504 g/mol. The maximum Gasteiger partial charge on any atom is 0.313 e. The van der Waals surface area contributed by atoms with Gasteiger partial charge in [0.2, 0.25) is 0 Å². The van der Waals surface area contributed by atoms with Gasteiger partial charge in [-0.15, -0.1) is 0 Å². The Balaban J connectivity index is 1.80. The third kappa shape index (κ3) is 5.05. The molecule has 1 aliphatic rings. The number of aryl methyl sites for hydroxylation is 1. The summed E-state index contributed by atoms with van der Waals surface area (Å²) < 4.78 is 15.3. The Morgan fingerprint density at radius 1 is 1.00 bits per heavy atom. The van der Waals surface area contributed by atoms with Crippen LogP contribution in [0, 0.1) is 18.0 Å². The quantitative estimate of drug-likeness (QED) is 0.255. The van der Waals surface area contributed by atoms with Crippen LogP contribution in [0.2, 0.25) is 0 Å². The molecular formula is C29H34N3O3P. The van der Waals surface area contributed by atoms with Gasteiger partial charge in [0.1, 0.15) is 5.75 Å². The summed E-state index contributed by atoms with van der Waals surface area (Å²) in [6.07, 6.45) is 0.390. The Labute approximate surface area is 214 Å². The topological polar surface area (TPSA) is 65.9 Å². The summed E-state index contributed by atoms with van der Waals surface area (Å²) in [6.45, 7) is 9.89. The summed E-state index contributed by atoms with van der Waals surface area (Å²) in [4.78, 5) is 13.4. The van der Waals surface area contributed by atoms with Crippen molar-refractivity contribution in [3.05, 3.63) is 102 Å². The first-order chi connectivity index (χ1) is 17.4. The van der Waals surface area contributed by atoms with Crippen molar-refractivity contribution in [3.8, 4) is 5.75 Å². The minimum Gasteiger partial charge on any atom is -0.497 e. The molecule has 0 radical (unpaired) electrons. The molecule has 0 bridgehead atoms. The van der Waals surface area contributed by atoms with E-state index in [0.717, 1.165) is 28.3 Å². The Bertz CT molecular complexity index is 1210. The van der Waals surface area contributed by atoms with E-state index in [9.17, 15) is 9.96 Å². The summed E-state index contributed by atoms with van der Waals surface area (Å²) in [6, 6.07) is 25.9. The van der Waals surface area contributed by atoms with Gasteiger partial charge < -0.3 is 18.8 Å². The van der Waals surface area contributed by atoms with Gasteiger partial charge in [-0.05, 0) is 67.8 Å². The minimum atomic E-state index is -2.99. The molecule has 0 aliphatic carbocycles. The van der Waals surface area contributed by atoms with Crippen LogP contribution >= 0.6 is 7.36 Å². The lowest BCUT2D eigenvalue weighted by Crippen LogP contribution is -2.28. The first kappa shape index (κ1) is 25.6. The van der Waals surface area contributed by atoms with Gasteiger partial charge in [0.25, 0.3) is 0 Å². The van der Waals surface area contributed by atoms with Crippen LogP contribution in [0.3, 0.4) is 0 Å².